The third-order valence-corrected chi connectivity index (χ3v) is 1.41. The van der Waals surface area contributed by atoms with E-state index in [0.717, 1.165) is 5.57 Å². The Balaban J connectivity index is -0.000000266. The standard InChI is InChI=1S/C10H14.2C2H6/c1-5-8-10(7-3)9(4)6-2;2*1-2/h5-8H,1,3H2,2,4H3;2*1-2H3/b9-6-,10-8+;;. The molecule has 0 bridgehead atoms. The van der Waals surface area contributed by atoms with Crippen molar-refractivity contribution in [1.82, 2.24) is 0 Å². The molecule has 0 unspecified atom stereocenters. The Morgan fingerprint density at radius 1 is 1.00 bits per heavy atom. The van der Waals surface area contributed by atoms with Gasteiger partial charge in [-0.1, -0.05) is 65.2 Å². The van der Waals surface area contributed by atoms with Crippen LogP contribution in [0, 0.1) is 0 Å². The molecule has 0 N–H and O–H groups in total. The van der Waals surface area contributed by atoms with Crippen LogP contribution < -0.4 is 0 Å². The fraction of sp³-hybridized carbons (Fsp3) is 0.429. The van der Waals surface area contributed by atoms with Gasteiger partial charge in [0.1, 0.15) is 0 Å². The van der Waals surface area contributed by atoms with Crippen molar-refractivity contribution in [1.29, 1.82) is 0 Å². The van der Waals surface area contributed by atoms with Crippen LogP contribution >= 0.6 is 0 Å². The lowest BCUT2D eigenvalue weighted by Gasteiger charge is -1.97. The molecule has 0 aliphatic rings. The monoisotopic (exact) mass is 194 g/mol. The van der Waals surface area contributed by atoms with Gasteiger partial charge in [-0.05, 0) is 25.0 Å². The van der Waals surface area contributed by atoms with Gasteiger partial charge in [-0.25, -0.2) is 0 Å². The number of rotatable bonds is 3. The summed E-state index contributed by atoms with van der Waals surface area (Å²) in [5.74, 6) is 0. The maximum Gasteiger partial charge on any atom is -0.0237 e. The van der Waals surface area contributed by atoms with Gasteiger partial charge in [0.15, 0.2) is 0 Å². The molecule has 0 saturated heterocycles. The minimum Gasteiger partial charge on any atom is -0.0990 e. The van der Waals surface area contributed by atoms with Crippen molar-refractivity contribution in [2.24, 2.45) is 0 Å². The molecule has 0 rings (SSSR count). The van der Waals surface area contributed by atoms with E-state index in [-0.39, 0.29) is 0 Å². The summed E-state index contributed by atoms with van der Waals surface area (Å²) in [7, 11) is 0. The summed E-state index contributed by atoms with van der Waals surface area (Å²) in [6.45, 7) is 19.4. The number of allylic oxidation sites excluding steroid dienone is 6. The second-order valence-corrected chi connectivity index (χ2v) is 2.03. The average molecular weight is 194 g/mol. The van der Waals surface area contributed by atoms with E-state index in [2.05, 4.69) is 26.2 Å². The van der Waals surface area contributed by atoms with Crippen molar-refractivity contribution in [3.05, 3.63) is 48.6 Å². The quantitative estimate of drug-likeness (QED) is 0.534. The van der Waals surface area contributed by atoms with Gasteiger partial charge >= 0.3 is 0 Å². The largest absolute Gasteiger partial charge is 0.0990 e. The van der Waals surface area contributed by atoms with Crippen LogP contribution in [0.1, 0.15) is 41.5 Å². The molecule has 0 heterocycles. The first kappa shape index (κ1) is 18.7. The zero-order valence-electron chi connectivity index (χ0n) is 10.7. The van der Waals surface area contributed by atoms with E-state index in [1.165, 1.54) is 5.57 Å². The number of hydrogen-bond donors (Lipinski definition) is 0. The first-order chi connectivity index (χ1) is 6.76. The van der Waals surface area contributed by atoms with Crippen molar-refractivity contribution in [2.75, 3.05) is 0 Å². The summed E-state index contributed by atoms with van der Waals surface area (Å²) in [6, 6.07) is 0. The zero-order chi connectivity index (χ0) is 12.0. The lowest BCUT2D eigenvalue weighted by atomic mass is 10.1. The van der Waals surface area contributed by atoms with Crippen LogP contribution in [0.2, 0.25) is 0 Å². The van der Waals surface area contributed by atoms with E-state index < -0.39 is 0 Å². The van der Waals surface area contributed by atoms with Crippen LogP contribution in [0.4, 0.5) is 0 Å². The molecule has 0 spiro atoms. The molecule has 0 amide bonds. The molecule has 0 atom stereocenters. The minimum absolute atomic E-state index is 1.14. The van der Waals surface area contributed by atoms with Crippen LogP contribution in [0.15, 0.2) is 48.6 Å². The molecule has 0 radical (unpaired) electrons. The van der Waals surface area contributed by atoms with Gasteiger partial charge in [-0.2, -0.15) is 0 Å². The van der Waals surface area contributed by atoms with Crippen molar-refractivity contribution in [3.8, 4) is 0 Å². The van der Waals surface area contributed by atoms with Gasteiger partial charge < -0.3 is 0 Å². The summed E-state index contributed by atoms with van der Waals surface area (Å²) in [5.41, 5.74) is 2.37. The third-order valence-electron chi connectivity index (χ3n) is 1.41. The Morgan fingerprint density at radius 2 is 1.43 bits per heavy atom. The highest BCUT2D eigenvalue weighted by molar-refractivity contribution is 5.38. The first-order valence-electron chi connectivity index (χ1n) is 5.34. The van der Waals surface area contributed by atoms with E-state index in [1.807, 2.05) is 46.8 Å². The maximum atomic E-state index is 3.69. The molecule has 0 aliphatic heterocycles. The summed E-state index contributed by atoms with van der Waals surface area (Å²) >= 11 is 0. The second kappa shape index (κ2) is 17.9. The average Bonchev–Trinajstić information content (AvgIpc) is 2.30. The highest BCUT2D eigenvalue weighted by Crippen LogP contribution is 2.09. The highest BCUT2D eigenvalue weighted by Gasteiger charge is 1.89. The van der Waals surface area contributed by atoms with Crippen LogP contribution in [0.5, 0.6) is 0 Å². The third kappa shape index (κ3) is 11.0. The Kier molecular flexibility index (Phi) is 23.9. The van der Waals surface area contributed by atoms with Crippen molar-refractivity contribution in [2.45, 2.75) is 41.5 Å². The molecule has 0 nitrogen and oxygen atoms in total. The highest BCUT2D eigenvalue weighted by atomic mass is 13.9. The predicted molar refractivity (Wildman–Crippen MR) is 70.6 cm³/mol. The van der Waals surface area contributed by atoms with Gasteiger partial charge in [-0.3, -0.25) is 0 Å². The molecule has 0 fully saturated rings. The summed E-state index contributed by atoms with van der Waals surface area (Å²) in [5, 5.41) is 0. The van der Waals surface area contributed by atoms with Gasteiger partial charge in [0.25, 0.3) is 0 Å². The van der Waals surface area contributed by atoms with Gasteiger partial charge in [0, 0.05) is 0 Å². The molecule has 82 valence electrons. The molecule has 0 heteroatoms. The van der Waals surface area contributed by atoms with E-state index in [9.17, 15) is 0 Å². The van der Waals surface area contributed by atoms with E-state index in [1.54, 1.807) is 6.08 Å². The molecule has 0 aromatic heterocycles. The Bertz CT molecular complexity index is 180. The summed E-state index contributed by atoms with van der Waals surface area (Å²) < 4.78 is 0. The lowest BCUT2D eigenvalue weighted by Crippen LogP contribution is -1.77. The lowest BCUT2D eigenvalue weighted by molar-refractivity contribution is 1.40. The van der Waals surface area contributed by atoms with E-state index in [0.29, 0.717) is 0 Å². The Morgan fingerprint density at radius 3 is 1.64 bits per heavy atom. The zero-order valence-corrected chi connectivity index (χ0v) is 10.7. The van der Waals surface area contributed by atoms with Crippen molar-refractivity contribution >= 4 is 0 Å². The summed E-state index contributed by atoms with van der Waals surface area (Å²) in [4.78, 5) is 0. The summed E-state index contributed by atoms with van der Waals surface area (Å²) in [6.07, 6.45) is 7.60. The normalized spacial score (nSPS) is 10.1. The van der Waals surface area contributed by atoms with Crippen LogP contribution in [0.25, 0.3) is 0 Å². The van der Waals surface area contributed by atoms with Gasteiger partial charge in [0.2, 0.25) is 0 Å². The smallest absolute Gasteiger partial charge is 0.0237 e. The Labute approximate surface area is 90.7 Å². The molecular weight excluding hydrogens is 168 g/mol. The van der Waals surface area contributed by atoms with Crippen molar-refractivity contribution in [3.63, 3.8) is 0 Å². The SMILES string of the molecule is C=C/C=C(C=C)/C(C)=C\C.CC.CC. The molecule has 0 aromatic rings. The first-order valence-corrected chi connectivity index (χ1v) is 5.34. The van der Waals surface area contributed by atoms with E-state index >= 15 is 0 Å². The predicted octanol–water partition coefficient (Wildman–Crippen LogP) is 5.30. The second-order valence-electron chi connectivity index (χ2n) is 2.03. The Hall–Kier alpha value is -1.04. The maximum absolute atomic E-state index is 3.69. The molecule has 0 aromatic carbocycles. The molecule has 0 saturated carbocycles. The fourth-order valence-electron chi connectivity index (χ4n) is 0.654. The topological polar surface area (TPSA) is 0 Å². The number of hydrogen-bond acceptors (Lipinski definition) is 0. The van der Waals surface area contributed by atoms with Crippen LogP contribution in [0.3, 0.4) is 0 Å². The van der Waals surface area contributed by atoms with Crippen LogP contribution in [-0.2, 0) is 0 Å². The minimum atomic E-state index is 1.14. The fourth-order valence-corrected chi connectivity index (χ4v) is 0.654. The molecular formula is C14H26. The van der Waals surface area contributed by atoms with Gasteiger partial charge in [0.05, 0.1) is 0 Å². The van der Waals surface area contributed by atoms with E-state index in [4.69, 9.17) is 0 Å². The molecule has 0 aliphatic carbocycles. The van der Waals surface area contributed by atoms with Gasteiger partial charge in [-0.15, -0.1) is 0 Å². The van der Waals surface area contributed by atoms with Crippen LogP contribution in [-0.4, -0.2) is 0 Å². The molecule has 14 heavy (non-hydrogen) atoms. The van der Waals surface area contributed by atoms with Crippen molar-refractivity contribution < 1.29 is 0 Å².